The minimum absolute atomic E-state index is 0.0336. The van der Waals surface area contributed by atoms with Crippen molar-refractivity contribution in [2.75, 3.05) is 26.7 Å². The van der Waals surface area contributed by atoms with Crippen LogP contribution in [0.15, 0.2) is 30.3 Å². The second-order valence-electron chi connectivity index (χ2n) is 6.36. The number of carbonyl (C=O) groups excluding carboxylic acids is 1. The zero-order valence-electron chi connectivity index (χ0n) is 14.0. The summed E-state index contributed by atoms with van der Waals surface area (Å²) in [5.41, 5.74) is 1.37. The third kappa shape index (κ3) is 4.55. The zero-order chi connectivity index (χ0) is 15.9. The molecule has 1 aromatic carbocycles. The number of nitrogens with zero attached hydrogens (tertiary/aromatic N) is 1. The van der Waals surface area contributed by atoms with Gasteiger partial charge in [0.15, 0.2) is 0 Å². The van der Waals surface area contributed by atoms with Gasteiger partial charge in [-0.15, -0.1) is 0 Å². The van der Waals surface area contributed by atoms with Gasteiger partial charge < -0.3 is 10.6 Å². The quantitative estimate of drug-likeness (QED) is 0.846. The highest BCUT2D eigenvalue weighted by atomic mass is 16.1. The molecule has 0 aromatic heterocycles. The van der Waals surface area contributed by atoms with Crippen molar-refractivity contribution in [1.29, 1.82) is 0 Å². The molecule has 22 heavy (non-hydrogen) atoms. The molecule has 0 bridgehead atoms. The highest BCUT2D eigenvalue weighted by molar-refractivity contribution is 5.78. The van der Waals surface area contributed by atoms with Gasteiger partial charge in [-0.1, -0.05) is 37.3 Å². The molecule has 1 aliphatic heterocycles. The summed E-state index contributed by atoms with van der Waals surface area (Å²) >= 11 is 0. The molecule has 4 nitrogen and oxygen atoms in total. The van der Waals surface area contributed by atoms with Gasteiger partial charge >= 0.3 is 0 Å². The summed E-state index contributed by atoms with van der Waals surface area (Å²) in [6.07, 6.45) is 2.07. The molecule has 2 atom stereocenters. The van der Waals surface area contributed by atoms with E-state index in [-0.39, 0.29) is 11.8 Å². The van der Waals surface area contributed by atoms with Crippen LogP contribution in [0.3, 0.4) is 0 Å². The van der Waals surface area contributed by atoms with Crippen LogP contribution >= 0.6 is 0 Å². The topological polar surface area (TPSA) is 44.4 Å². The fourth-order valence-electron chi connectivity index (χ4n) is 3.12. The summed E-state index contributed by atoms with van der Waals surface area (Å²) in [5, 5.41) is 6.25. The Labute approximate surface area is 134 Å². The first-order valence-corrected chi connectivity index (χ1v) is 8.35. The van der Waals surface area contributed by atoms with Crippen LogP contribution in [-0.4, -0.2) is 43.5 Å². The maximum absolute atomic E-state index is 12.1. The molecule has 2 unspecified atom stereocenters. The first kappa shape index (κ1) is 17.0. The summed E-state index contributed by atoms with van der Waals surface area (Å²) in [5.74, 6) is 0.204. The maximum Gasteiger partial charge on any atom is 0.224 e. The number of carbonyl (C=O) groups is 1. The Morgan fingerprint density at radius 3 is 2.45 bits per heavy atom. The second kappa shape index (κ2) is 8.30. The Balaban J connectivity index is 1.79. The molecule has 0 spiro atoms. The molecule has 4 heteroatoms. The van der Waals surface area contributed by atoms with Crippen molar-refractivity contribution in [2.24, 2.45) is 5.92 Å². The molecule has 1 heterocycles. The lowest BCUT2D eigenvalue weighted by Crippen LogP contribution is -2.47. The van der Waals surface area contributed by atoms with E-state index in [9.17, 15) is 4.79 Å². The zero-order valence-corrected chi connectivity index (χ0v) is 14.0. The Morgan fingerprint density at radius 2 is 1.86 bits per heavy atom. The molecule has 0 radical (unpaired) electrons. The molecule has 1 saturated heterocycles. The van der Waals surface area contributed by atoms with Crippen LogP contribution in [0.2, 0.25) is 0 Å². The van der Waals surface area contributed by atoms with Crippen molar-refractivity contribution in [2.45, 2.75) is 38.8 Å². The number of amides is 1. The fraction of sp³-hybridized carbons (Fsp3) is 0.611. The first-order valence-electron chi connectivity index (χ1n) is 8.35. The lowest BCUT2D eigenvalue weighted by Gasteiger charge is -2.36. The van der Waals surface area contributed by atoms with Crippen molar-refractivity contribution < 1.29 is 4.79 Å². The van der Waals surface area contributed by atoms with Gasteiger partial charge in [0.25, 0.3) is 0 Å². The lowest BCUT2D eigenvalue weighted by molar-refractivity contribution is -0.125. The van der Waals surface area contributed by atoms with Gasteiger partial charge in [-0.25, -0.2) is 0 Å². The van der Waals surface area contributed by atoms with E-state index < -0.39 is 0 Å². The Bertz CT molecular complexity index is 455. The largest absolute Gasteiger partial charge is 0.353 e. The van der Waals surface area contributed by atoms with E-state index >= 15 is 0 Å². The van der Waals surface area contributed by atoms with Crippen LogP contribution in [0.1, 0.15) is 38.3 Å². The molecule has 0 aliphatic carbocycles. The van der Waals surface area contributed by atoms with Gasteiger partial charge in [-0.3, -0.25) is 9.69 Å². The molecular formula is C18H29N3O. The standard InChI is InChI=1S/C18H29N3O/c1-14(13-19-3)18(22)20-17-9-11-21(12-10-17)15(2)16-7-5-4-6-8-16/h4-8,14-15,17,19H,9-13H2,1-3H3,(H,20,22). The van der Waals surface area contributed by atoms with Crippen LogP contribution in [0, 0.1) is 5.92 Å². The average Bonchev–Trinajstić information content (AvgIpc) is 2.56. The van der Waals surface area contributed by atoms with Crippen molar-refractivity contribution in [1.82, 2.24) is 15.5 Å². The van der Waals surface area contributed by atoms with E-state index in [1.54, 1.807) is 0 Å². The first-order chi connectivity index (χ1) is 10.6. The lowest BCUT2D eigenvalue weighted by atomic mass is 9.99. The van der Waals surface area contributed by atoms with Gasteiger partial charge in [-0.05, 0) is 32.4 Å². The fourth-order valence-corrected chi connectivity index (χ4v) is 3.12. The molecule has 122 valence electrons. The predicted molar refractivity (Wildman–Crippen MR) is 90.7 cm³/mol. The molecule has 1 aromatic rings. The number of piperidine rings is 1. The Morgan fingerprint density at radius 1 is 1.23 bits per heavy atom. The summed E-state index contributed by atoms with van der Waals surface area (Å²) < 4.78 is 0. The summed E-state index contributed by atoms with van der Waals surface area (Å²) in [4.78, 5) is 14.6. The van der Waals surface area contributed by atoms with Crippen LogP contribution in [0.4, 0.5) is 0 Å². The maximum atomic E-state index is 12.1. The third-order valence-electron chi connectivity index (χ3n) is 4.66. The SMILES string of the molecule is CNCC(C)C(=O)NC1CCN(C(C)c2ccccc2)CC1. The van der Waals surface area contributed by atoms with Crippen LogP contribution in [0.25, 0.3) is 0 Å². The van der Waals surface area contributed by atoms with E-state index in [0.29, 0.717) is 12.1 Å². The average molecular weight is 303 g/mol. The monoisotopic (exact) mass is 303 g/mol. The molecular weight excluding hydrogens is 274 g/mol. The normalized spacial score (nSPS) is 19.6. The van der Waals surface area contributed by atoms with Gasteiger partial charge in [0.2, 0.25) is 5.91 Å². The molecule has 1 fully saturated rings. The van der Waals surface area contributed by atoms with E-state index in [0.717, 1.165) is 32.5 Å². The molecule has 2 N–H and O–H groups in total. The minimum atomic E-state index is 0.0336. The van der Waals surface area contributed by atoms with E-state index in [1.807, 2.05) is 14.0 Å². The number of nitrogens with one attached hydrogen (secondary N) is 2. The van der Waals surface area contributed by atoms with Crippen molar-refractivity contribution in [3.05, 3.63) is 35.9 Å². The van der Waals surface area contributed by atoms with Crippen molar-refractivity contribution in [3.63, 3.8) is 0 Å². The summed E-state index contributed by atoms with van der Waals surface area (Å²) in [6.45, 7) is 7.06. The van der Waals surface area contributed by atoms with E-state index in [1.165, 1.54) is 5.56 Å². The number of likely N-dealkylation sites (tertiary alicyclic amines) is 1. The third-order valence-corrected chi connectivity index (χ3v) is 4.66. The molecule has 2 rings (SSSR count). The second-order valence-corrected chi connectivity index (χ2v) is 6.36. The van der Waals surface area contributed by atoms with Crippen molar-refractivity contribution in [3.8, 4) is 0 Å². The van der Waals surface area contributed by atoms with Crippen LogP contribution in [0.5, 0.6) is 0 Å². The number of hydrogen-bond donors (Lipinski definition) is 2. The van der Waals surface area contributed by atoms with Gasteiger partial charge in [0.1, 0.15) is 0 Å². The Kier molecular flexibility index (Phi) is 6.40. The van der Waals surface area contributed by atoms with E-state index in [2.05, 4.69) is 52.8 Å². The number of rotatable bonds is 6. The number of hydrogen-bond acceptors (Lipinski definition) is 3. The summed E-state index contributed by atoms with van der Waals surface area (Å²) in [6, 6.07) is 11.4. The van der Waals surface area contributed by atoms with Crippen LogP contribution < -0.4 is 10.6 Å². The number of benzene rings is 1. The van der Waals surface area contributed by atoms with Gasteiger partial charge in [-0.2, -0.15) is 0 Å². The highest BCUT2D eigenvalue weighted by Gasteiger charge is 2.25. The Hall–Kier alpha value is -1.39. The van der Waals surface area contributed by atoms with Gasteiger partial charge in [0, 0.05) is 37.6 Å². The van der Waals surface area contributed by atoms with Gasteiger partial charge in [0.05, 0.1) is 0 Å². The highest BCUT2D eigenvalue weighted by Crippen LogP contribution is 2.24. The minimum Gasteiger partial charge on any atom is -0.353 e. The van der Waals surface area contributed by atoms with Crippen molar-refractivity contribution >= 4 is 5.91 Å². The predicted octanol–water partition coefficient (Wildman–Crippen LogP) is 2.18. The molecule has 1 amide bonds. The molecule has 0 saturated carbocycles. The van der Waals surface area contributed by atoms with Crippen LogP contribution in [-0.2, 0) is 4.79 Å². The summed E-state index contributed by atoms with van der Waals surface area (Å²) in [7, 11) is 1.88. The van der Waals surface area contributed by atoms with E-state index in [4.69, 9.17) is 0 Å². The smallest absolute Gasteiger partial charge is 0.224 e. The molecule has 1 aliphatic rings.